The van der Waals surface area contributed by atoms with Crippen LogP contribution in [0.25, 0.3) is 21.8 Å². The molecule has 3 amide bonds. The molecule has 2 N–H and O–H groups in total. The van der Waals surface area contributed by atoms with Crippen molar-refractivity contribution in [1.29, 1.82) is 0 Å². The number of likely N-dealkylation sites (tertiary alicyclic amines) is 1. The van der Waals surface area contributed by atoms with Gasteiger partial charge in [0.05, 0.1) is 17.4 Å². The lowest BCUT2D eigenvalue weighted by molar-refractivity contribution is -0.157. The molecule has 10 heteroatoms. The number of para-hydroxylation sites is 2. The Labute approximate surface area is 258 Å². The van der Waals surface area contributed by atoms with Crippen molar-refractivity contribution in [2.45, 2.75) is 50.8 Å². The maximum absolute atomic E-state index is 14.2. The lowest BCUT2D eigenvalue weighted by Crippen LogP contribution is -2.42. The lowest BCUT2D eigenvalue weighted by atomic mass is 9.83. The molecule has 4 heterocycles. The van der Waals surface area contributed by atoms with Crippen LogP contribution in [0.4, 0.5) is 4.79 Å². The smallest absolute Gasteiger partial charge is 0.408 e. The number of H-pyrrole nitrogens is 1. The Bertz CT molecular complexity index is 1940. The molecule has 3 aromatic carbocycles. The van der Waals surface area contributed by atoms with Crippen LogP contribution in [-0.4, -0.2) is 51.1 Å². The van der Waals surface area contributed by atoms with Crippen molar-refractivity contribution in [1.82, 2.24) is 19.8 Å². The highest BCUT2D eigenvalue weighted by Crippen LogP contribution is 2.47. The number of nitrogens with one attached hydrogen (secondary N) is 2. The number of carbonyl (C=O) groups excluding carboxylic acids is 4. The number of amides is 3. The minimum absolute atomic E-state index is 0.0414. The van der Waals surface area contributed by atoms with E-state index in [2.05, 4.69) is 20.9 Å². The van der Waals surface area contributed by atoms with Crippen LogP contribution in [0.5, 0.6) is 0 Å². The fourth-order valence-electron chi connectivity index (χ4n) is 6.62. The van der Waals surface area contributed by atoms with Crippen LogP contribution in [0.3, 0.4) is 0 Å². The largest absolute Gasteiger partial charge is 0.445 e. The van der Waals surface area contributed by atoms with Crippen molar-refractivity contribution in [3.63, 3.8) is 0 Å². The molecule has 2 aromatic heterocycles. The highest BCUT2D eigenvalue weighted by Gasteiger charge is 2.51. The molecule has 2 aliphatic heterocycles. The summed E-state index contributed by atoms with van der Waals surface area (Å²) >= 11 is 0. The topological polar surface area (TPSA) is 123 Å². The van der Waals surface area contributed by atoms with Crippen molar-refractivity contribution in [2.24, 2.45) is 0 Å². The zero-order valence-electron chi connectivity index (χ0n) is 24.7. The molecule has 0 radical (unpaired) electrons. The van der Waals surface area contributed by atoms with E-state index in [1.165, 1.54) is 12.5 Å². The molecular weight excluding hydrogens is 572 g/mol. The first-order chi connectivity index (χ1) is 21.9. The van der Waals surface area contributed by atoms with Crippen molar-refractivity contribution in [2.75, 3.05) is 6.73 Å². The van der Waals surface area contributed by atoms with Gasteiger partial charge in [-0.2, -0.15) is 0 Å². The van der Waals surface area contributed by atoms with E-state index < -0.39 is 48.5 Å². The van der Waals surface area contributed by atoms with Crippen LogP contribution >= 0.6 is 0 Å². The number of hydrogen-bond donors (Lipinski definition) is 2. The third-order valence-electron chi connectivity index (χ3n) is 8.78. The number of aromatic nitrogens is 2. The van der Waals surface area contributed by atoms with Gasteiger partial charge in [-0.1, -0.05) is 66.7 Å². The molecule has 3 atom stereocenters. The number of hydrogen-bond acceptors (Lipinski definition) is 6. The van der Waals surface area contributed by atoms with E-state index in [-0.39, 0.29) is 6.61 Å². The van der Waals surface area contributed by atoms with Crippen LogP contribution < -0.4 is 5.32 Å². The second-order valence-electron chi connectivity index (χ2n) is 11.6. The molecule has 5 aromatic rings. The van der Waals surface area contributed by atoms with Gasteiger partial charge < -0.3 is 24.3 Å². The van der Waals surface area contributed by atoms with Gasteiger partial charge in [0, 0.05) is 35.2 Å². The van der Waals surface area contributed by atoms with Gasteiger partial charge in [-0.3, -0.25) is 9.59 Å². The number of benzene rings is 3. The summed E-state index contributed by atoms with van der Waals surface area (Å²) in [5.74, 6) is -3.31. The van der Waals surface area contributed by atoms with Gasteiger partial charge in [0.1, 0.15) is 12.6 Å². The maximum atomic E-state index is 14.2. The fourth-order valence-corrected chi connectivity index (χ4v) is 6.62. The summed E-state index contributed by atoms with van der Waals surface area (Å²) in [7, 11) is 0. The standard InChI is InChI=1S/C35H32N4O6/c1-21(37-35(43)44-19-22-9-3-2-4-10-22)34(42)45-20-39-32(40)29(26-17-36-28-15-6-5-13-24(26)28)30(33(39)41)27-18-38-16-8-12-23-11-7-14-25(27)31(23)38/h2-7,9-11,13-15,17-18,21,29-30,36H,8,12,16,19-20H2,1H3,(H,37,43). The first-order valence-corrected chi connectivity index (χ1v) is 15.1. The minimum Gasteiger partial charge on any atom is -0.445 e. The molecule has 1 saturated heterocycles. The van der Waals surface area contributed by atoms with Crippen LogP contribution in [0, 0.1) is 0 Å². The number of carbonyl (C=O) groups is 4. The molecule has 7 rings (SSSR count). The van der Waals surface area contributed by atoms with Crippen molar-refractivity contribution in [3.05, 3.63) is 107 Å². The summed E-state index contributed by atoms with van der Waals surface area (Å²) < 4.78 is 12.8. The molecule has 0 bridgehead atoms. The Balaban J connectivity index is 1.13. The molecule has 0 aliphatic carbocycles. The Kier molecular flexibility index (Phi) is 7.32. The average Bonchev–Trinajstić information content (AvgIpc) is 3.72. The highest BCUT2D eigenvalue weighted by atomic mass is 16.6. The third-order valence-corrected chi connectivity index (χ3v) is 8.78. The first kappa shape index (κ1) is 28.4. The van der Waals surface area contributed by atoms with Gasteiger partial charge in [0.2, 0.25) is 11.8 Å². The van der Waals surface area contributed by atoms with Gasteiger partial charge >= 0.3 is 12.1 Å². The second-order valence-corrected chi connectivity index (χ2v) is 11.6. The predicted molar refractivity (Wildman–Crippen MR) is 166 cm³/mol. The minimum atomic E-state index is -1.07. The highest BCUT2D eigenvalue weighted by molar-refractivity contribution is 6.13. The zero-order valence-corrected chi connectivity index (χ0v) is 24.7. The van der Waals surface area contributed by atoms with Crippen LogP contribution in [0.1, 0.15) is 47.4 Å². The van der Waals surface area contributed by atoms with Gasteiger partial charge in [-0.25, -0.2) is 14.5 Å². The zero-order chi connectivity index (χ0) is 31.1. The maximum Gasteiger partial charge on any atom is 0.408 e. The van der Waals surface area contributed by atoms with Crippen LogP contribution in [0.2, 0.25) is 0 Å². The van der Waals surface area contributed by atoms with Crippen molar-refractivity contribution >= 4 is 45.7 Å². The molecule has 1 fully saturated rings. The Hall–Kier alpha value is -5.38. The first-order valence-electron chi connectivity index (χ1n) is 15.1. The van der Waals surface area contributed by atoms with Crippen molar-refractivity contribution < 1.29 is 28.7 Å². The molecular formula is C35H32N4O6. The molecule has 228 valence electrons. The van der Waals surface area contributed by atoms with E-state index in [1.807, 2.05) is 72.9 Å². The molecule has 2 aliphatic rings. The van der Waals surface area contributed by atoms with E-state index in [9.17, 15) is 19.2 Å². The van der Waals surface area contributed by atoms with Crippen LogP contribution in [0.15, 0.2) is 85.2 Å². The van der Waals surface area contributed by atoms with E-state index in [0.717, 1.165) is 57.2 Å². The molecule has 3 unspecified atom stereocenters. The Morgan fingerprint density at radius 3 is 2.47 bits per heavy atom. The van der Waals surface area contributed by atoms with E-state index in [4.69, 9.17) is 9.47 Å². The number of imide groups is 1. The number of rotatable bonds is 8. The summed E-state index contributed by atoms with van der Waals surface area (Å²) in [6.45, 7) is 1.76. The number of nitrogens with zero attached hydrogens (tertiary/aromatic N) is 2. The summed E-state index contributed by atoms with van der Waals surface area (Å²) in [5, 5.41) is 4.25. The van der Waals surface area contributed by atoms with Crippen LogP contribution in [-0.2, 0) is 43.4 Å². The quantitative estimate of drug-likeness (QED) is 0.187. The van der Waals surface area contributed by atoms with Crippen molar-refractivity contribution in [3.8, 4) is 0 Å². The Morgan fingerprint density at radius 1 is 0.911 bits per heavy atom. The normalized spacial score (nSPS) is 18.4. The number of fused-ring (bicyclic) bond motifs is 1. The second kappa shape index (κ2) is 11.6. The van der Waals surface area contributed by atoms with E-state index in [0.29, 0.717) is 5.56 Å². The number of esters is 1. The third kappa shape index (κ3) is 5.12. The van der Waals surface area contributed by atoms with E-state index in [1.54, 1.807) is 6.20 Å². The number of alkyl carbamates (subject to hydrolysis) is 1. The monoisotopic (exact) mass is 604 g/mol. The Morgan fingerprint density at radius 2 is 1.64 bits per heavy atom. The van der Waals surface area contributed by atoms with Gasteiger partial charge in [-0.05, 0) is 48.1 Å². The molecule has 10 nitrogen and oxygen atoms in total. The fraction of sp³-hybridized carbons (Fsp3) is 0.257. The SMILES string of the molecule is CC(NC(=O)OCc1ccccc1)C(=O)OCN1C(=O)C(c2c[nH]c3ccccc23)C(c2cn3c4c(cccc24)CCC3)C1=O. The summed E-state index contributed by atoms with van der Waals surface area (Å²) in [4.78, 5) is 57.7. The molecule has 45 heavy (non-hydrogen) atoms. The summed E-state index contributed by atoms with van der Waals surface area (Å²) in [6, 6.07) is 21.9. The van der Waals surface area contributed by atoms with Gasteiger partial charge in [0.15, 0.2) is 6.73 Å². The molecule has 0 spiro atoms. The van der Waals surface area contributed by atoms with Gasteiger partial charge in [0.25, 0.3) is 0 Å². The number of aryl methyl sites for hydroxylation is 2. The average molecular weight is 605 g/mol. The lowest BCUT2D eigenvalue weighted by Gasteiger charge is -2.18. The summed E-state index contributed by atoms with van der Waals surface area (Å²) in [6.07, 6.45) is 4.96. The van der Waals surface area contributed by atoms with E-state index >= 15 is 0 Å². The van der Waals surface area contributed by atoms with Gasteiger partial charge in [-0.15, -0.1) is 0 Å². The number of ether oxygens (including phenoxy) is 2. The summed E-state index contributed by atoms with van der Waals surface area (Å²) in [5.41, 5.74) is 5.48. The molecule has 0 saturated carbocycles. The predicted octanol–water partition coefficient (Wildman–Crippen LogP) is 5.12. The number of aromatic amines is 1.